The highest BCUT2D eigenvalue weighted by atomic mass is 14.6. The maximum Gasteiger partial charge on any atom is 0.0732 e. The van der Waals surface area contributed by atoms with Crippen molar-refractivity contribution in [3.8, 4) is 156 Å². The van der Waals surface area contributed by atoms with Gasteiger partial charge in [0.2, 0.25) is 0 Å². The fourth-order valence-electron chi connectivity index (χ4n) is 15.9. The largest absolute Gasteiger partial charge is 0.0732 e. The first-order valence-corrected chi connectivity index (χ1v) is 33.7. The lowest BCUT2D eigenvalue weighted by molar-refractivity contribution is 0.796. The third kappa shape index (κ3) is 9.76. The van der Waals surface area contributed by atoms with Crippen LogP contribution in [0.25, 0.3) is 156 Å². The Hall–Kier alpha value is -12.5. The van der Waals surface area contributed by atoms with Crippen LogP contribution in [0.3, 0.4) is 0 Å². The smallest absolute Gasteiger partial charge is 0.0622 e. The molecular formula is C97H64. The van der Waals surface area contributed by atoms with Crippen molar-refractivity contribution in [2.75, 3.05) is 0 Å². The first kappa shape index (κ1) is 57.2. The van der Waals surface area contributed by atoms with Crippen molar-refractivity contribution in [1.82, 2.24) is 0 Å². The van der Waals surface area contributed by atoms with Crippen LogP contribution >= 0.6 is 0 Å². The maximum atomic E-state index is 2.53. The van der Waals surface area contributed by atoms with Crippen LogP contribution < -0.4 is 0 Å². The van der Waals surface area contributed by atoms with Crippen LogP contribution in [0.4, 0.5) is 0 Å². The van der Waals surface area contributed by atoms with Crippen molar-refractivity contribution < 1.29 is 0 Å². The third-order valence-corrected chi connectivity index (χ3v) is 20.4. The summed E-state index contributed by atoms with van der Waals surface area (Å²) >= 11 is 0. The summed E-state index contributed by atoms with van der Waals surface area (Å²) < 4.78 is 0. The lowest BCUT2D eigenvalue weighted by Crippen LogP contribution is -2.27. The lowest BCUT2D eigenvalue weighted by atomic mass is 9.66. The first-order valence-electron chi connectivity index (χ1n) is 33.7. The van der Waals surface area contributed by atoms with E-state index in [4.69, 9.17) is 0 Å². The van der Waals surface area contributed by atoms with Crippen molar-refractivity contribution >= 4 is 0 Å². The normalized spacial score (nSPS) is 12.2. The Bertz CT molecular complexity index is 5500. The summed E-state index contributed by atoms with van der Waals surface area (Å²) in [6, 6.07) is 145. The highest BCUT2D eigenvalue weighted by Crippen LogP contribution is 2.70. The van der Waals surface area contributed by atoms with Gasteiger partial charge in [-0.1, -0.05) is 388 Å². The molecule has 0 unspecified atom stereocenters. The molecule has 0 N–H and O–H groups in total. The zero-order chi connectivity index (χ0) is 64.2. The van der Waals surface area contributed by atoms with Gasteiger partial charge in [0, 0.05) is 0 Å². The van der Waals surface area contributed by atoms with Gasteiger partial charge in [0.1, 0.15) is 0 Å². The van der Waals surface area contributed by atoms with Gasteiger partial charge in [0.05, 0.1) is 5.41 Å². The molecule has 18 rings (SSSR count). The number of hydrogen-bond acceptors (Lipinski definition) is 0. The second kappa shape index (κ2) is 24.1. The number of rotatable bonds is 12. The molecule has 2 aliphatic rings. The molecule has 2 aliphatic carbocycles. The van der Waals surface area contributed by atoms with Crippen LogP contribution in [0, 0.1) is 0 Å². The van der Waals surface area contributed by atoms with E-state index < -0.39 is 5.41 Å². The maximum absolute atomic E-state index is 2.53. The van der Waals surface area contributed by atoms with Crippen LogP contribution in [-0.2, 0) is 5.41 Å². The van der Waals surface area contributed by atoms with Gasteiger partial charge in [0.15, 0.2) is 0 Å². The quantitative estimate of drug-likeness (QED) is 0.114. The Kier molecular flexibility index (Phi) is 14.2. The summed E-state index contributed by atoms with van der Waals surface area (Å²) in [4.78, 5) is 0. The molecule has 0 bridgehead atoms. The van der Waals surface area contributed by atoms with Crippen molar-refractivity contribution in [1.29, 1.82) is 0 Å². The minimum Gasteiger partial charge on any atom is -0.0622 e. The standard InChI is InChI=1S/C97H64/c1-7-23-65(24-8-1)71-39-51-77(52-40-71)83-63-64-88-94(89(83)78-53-41-72(42-54-78)66-25-9-2-10-26-66)95-92(81-59-47-75(48-60-81)69-31-15-5-16-32-69)90(79-55-43-73(44-56-79)67-27-11-3-12-28-67)91(80-57-45-74(46-58-80)68-29-13-4-14-30-68)93(82-61-49-76(50-62-82)70-33-17-6-18-34-70)96(95)97(88)86-37-21-19-35-84(86)85-36-20-22-38-87(85)97/h1-64H. The summed E-state index contributed by atoms with van der Waals surface area (Å²) in [6.07, 6.45) is 0. The van der Waals surface area contributed by atoms with E-state index in [1.165, 1.54) is 134 Å². The molecule has 0 saturated heterocycles. The highest BCUT2D eigenvalue weighted by Gasteiger charge is 2.55. The third-order valence-electron chi connectivity index (χ3n) is 20.4. The minimum absolute atomic E-state index is 0.840. The fourth-order valence-corrected chi connectivity index (χ4v) is 15.9. The van der Waals surface area contributed by atoms with Gasteiger partial charge < -0.3 is 0 Å². The zero-order valence-corrected chi connectivity index (χ0v) is 53.5. The van der Waals surface area contributed by atoms with Gasteiger partial charge in [-0.15, -0.1) is 0 Å². The molecule has 0 nitrogen and oxygen atoms in total. The summed E-state index contributed by atoms with van der Waals surface area (Å²) in [5, 5.41) is 0. The van der Waals surface area contributed by atoms with E-state index in [9.17, 15) is 0 Å². The van der Waals surface area contributed by atoms with Crippen molar-refractivity contribution in [3.05, 3.63) is 411 Å². The van der Waals surface area contributed by atoms with Gasteiger partial charge in [-0.3, -0.25) is 0 Å². The molecule has 0 amide bonds. The van der Waals surface area contributed by atoms with Crippen molar-refractivity contribution in [3.63, 3.8) is 0 Å². The van der Waals surface area contributed by atoms with Gasteiger partial charge in [-0.25, -0.2) is 0 Å². The average Bonchev–Trinajstić information content (AvgIpc) is 1.49. The van der Waals surface area contributed by atoms with E-state index in [-0.39, 0.29) is 0 Å². The second-order valence-electron chi connectivity index (χ2n) is 25.7. The molecule has 97 heavy (non-hydrogen) atoms. The topological polar surface area (TPSA) is 0 Å². The Labute approximate surface area is 568 Å². The molecule has 16 aromatic rings. The van der Waals surface area contributed by atoms with E-state index in [0.717, 1.165) is 44.5 Å². The molecule has 0 heteroatoms. The van der Waals surface area contributed by atoms with Gasteiger partial charge in [-0.05, 0) is 178 Å². The summed E-state index contributed by atoms with van der Waals surface area (Å²) in [7, 11) is 0. The molecule has 0 atom stereocenters. The molecule has 16 aromatic carbocycles. The summed E-state index contributed by atoms with van der Waals surface area (Å²) in [6.45, 7) is 0. The predicted molar refractivity (Wildman–Crippen MR) is 408 cm³/mol. The zero-order valence-electron chi connectivity index (χ0n) is 53.5. The predicted octanol–water partition coefficient (Wildman–Crippen LogP) is 26.0. The van der Waals surface area contributed by atoms with E-state index in [1.807, 2.05) is 0 Å². The van der Waals surface area contributed by atoms with Crippen LogP contribution in [0.15, 0.2) is 388 Å². The molecule has 0 aliphatic heterocycles. The Morgan fingerprint density at radius 2 is 0.340 bits per heavy atom. The van der Waals surface area contributed by atoms with Crippen LogP contribution in [0.5, 0.6) is 0 Å². The molecule has 0 heterocycles. The Morgan fingerprint density at radius 3 is 0.660 bits per heavy atom. The molecule has 0 saturated carbocycles. The number of hydrogen-bond donors (Lipinski definition) is 0. The highest BCUT2D eigenvalue weighted by molar-refractivity contribution is 6.17. The first-order chi connectivity index (χ1) is 48.1. The van der Waals surface area contributed by atoms with Crippen LogP contribution in [-0.4, -0.2) is 0 Å². The van der Waals surface area contributed by atoms with Crippen molar-refractivity contribution in [2.24, 2.45) is 0 Å². The average molecular weight is 1230 g/mol. The Balaban J connectivity index is 1.06. The van der Waals surface area contributed by atoms with Crippen LogP contribution in [0.1, 0.15) is 22.3 Å². The van der Waals surface area contributed by atoms with Crippen molar-refractivity contribution in [2.45, 2.75) is 5.41 Å². The summed E-state index contributed by atoms with van der Waals surface area (Å²) in [5.41, 5.74) is 37.3. The molecule has 452 valence electrons. The van der Waals surface area contributed by atoms with E-state index in [2.05, 4.69) is 388 Å². The van der Waals surface area contributed by atoms with Gasteiger partial charge >= 0.3 is 0 Å². The van der Waals surface area contributed by atoms with Gasteiger partial charge in [0.25, 0.3) is 0 Å². The monoisotopic (exact) mass is 1230 g/mol. The number of fused-ring (bicyclic) bond motifs is 10. The Morgan fingerprint density at radius 1 is 0.113 bits per heavy atom. The van der Waals surface area contributed by atoms with Gasteiger partial charge in [-0.2, -0.15) is 0 Å². The SMILES string of the molecule is c1ccc(-c2ccc(-c3ccc4c(c3-c3ccc(-c5ccccc5)cc3)-c3c(-c5ccc(-c6ccccc6)cc5)c(-c5ccc(-c6ccccc6)cc5)c(-c5ccc(-c6ccccc6)cc5)c(-c5ccc(-c6ccccc6)cc5)c3C43c4ccccc4-c4ccccc43)cc2)cc1. The summed E-state index contributed by atoms with van der Waals surface area (Å²) in [5.74, 6) is 0. The van der Waals surface area contributed by atoms with E-state index in [1.54, 1.807) is 0 Å². The molecular weight excluding hydrogens is 1170 g/mol. The molecule has 1 spiro atoms. The minimum atomic E-state index is -0.840. The number of benzene rings is 16. The van der Waals surface area contributed by atoms with Crippen LogP contribution in [0.2, 0.25) is 0 Å². The fraction of sp³-hybridized carbons (Fsp3) is 0.0103. The lowest BCUT2D eigenvalue weighted by Gasteiger charge is -2.35. The molecule has 0 radical (unpaired) electrons. The molecule has 0 aromatic heterocycles. The van der Waals surface area contributed by atoms with E-state index >= 15 is 0 Å². The van der Waals surface area contributed by atoms with E-state index in [0.29, 0.717) is 0 Å². The molecule has 0 fully saturated rings. The second-order valence-corrected chi connectivity index (χ2v) is 25.7.